The van der Waals surface area contributed by atoms with E-state index in [4.69, 9.17) is 0 Å². The molecule has 0 radical (unpaired) electrons. The van der Waals surface area contributed by atoms with Crippen LogP contribution in [0.3, 0.4) is 0 Å². The van der Waals surface area contributed by atoms with Gasteiger partial charge in [-0.3, -0.25) is 4.98 Å². The predicted molar refractivity (Wildman–Crippen MR) is 88.0 cm³/mol. The van der Waals surface area contributed by atoms with Crippen LogP contribution in [0.2, 0.25) is 0 Å². The Morgan fingerprint density at radius 3 is 2.77 bits per heavy atom. The Morgan fingerprint density at radius 1 is 1.23 bits per heavy atom. The van der Waals surface area contributed by atoms with E-state index in [0.29, 0.717) is 5.92 Å². The summed E-state index contributed by atoms with van der Waals surface area (Å²) in [6.07, 6.45) is 6.45. The van der Waals surface area contributed by atoms with Crippen LogP contribution in [0.4, 0.5) is 5.82 Å². The largest absolute Gasteiger partial charge is 0.363 e. The lowest BCUT2D eigenvalue weighted by Gasteiger charge is -2.20. The Balaban J connectivity index is 2.00. The fourth-order valence-corrected chi connectivity index (χ4v) is 2.51. The predicted octanol–water partition coefficient (Wildman–Crippen LogP) is 3.81. The van der Waals surface area contributed by atoms with E-state index < -0.39 is 0 Å². The molecule has 3 aromatic rings. The molecule has 114 valence electrons. The van der Waals surface area contributed by atoms with E-state index in [1.165, 1.54) is 5.56 Å². The van der Waals surface area contributed by atoms with E-state index in [2.05, 4.69) is 53.3 Å². The van der Waals surface area contributed by atoms with Gasteiger partial charge in [-0.1, -0.05) is 26.8 Å². The zero-order valence-electron chi connectivity index (χ0n) is 13.2. The summed E-state index contributed by atoms with van der Waals surface area (Å²) in [5.74, 6) is 1.34. The molecule has 1 atom stereocenters. The Bertz CT molecular complexity index is 748. The highest BCUT2D eigenvalue weighted by Gasteiger charge is 2.14. The molecule has 5 heteroatoms. The summed E-state index contributed by atoms with van der Waals surface area (Å²) in [5.41, 5.74) is 3.11. The molecule has 0 aliphatic rings. The van der Waals surface area contributed by atoms with Crippen molar-refractivity contribution in [2.45, 2.75) is 39.2 Å². The van der Waals surface area contributed by atoms with Crippen molar-refractivity contribution in [2.75, 3.05) is 5.32 Å². The third-order valence-corrected chi connectivity index (χ3v) is 3.79. The Kier molecular flexibility index (Phi) is 4.04. The van der Waals surface area contributed by atoms with Gasteiger partial charge in [-0.15, -0.1) is 0 Å². The highest BCUT2D eigenvalue weighted by atomic mass is 15.3. The molecule has 22 heavy (non-hydrogen) atoms. The zero-order valence-corrected chi connectivity index (χ0v) is 13.2. The maximum absolute atomic E-state index is 4.65. The Labute approximate surface area is 130 Å². The molecule has 5 nitrogen and oxygen atoms in total. The molecule has 0 aliphatic heterocycles. The minimum Gasteiger partial charge on any atom is -0.363 e. The van der Waals surface area contributed by atoms with Crippen molar-refractivity contribution in [3.63, 3.8) is 0 Å². The van der Waals surface area contributed by atoms with Crippen LogP contribution >= 0.6 is 0 Å². The van der Waals surface area contributed by atoms with E-state index in [9.17, 15) is 0 Å². The average Bonchev–Trinajstić information content (AvgIpc) is 3.01. The Hall–Kier alpha value is -2.43. The van der Waals surface area contributed by atoms with Crippen molar-refractivity contribution in [2.24, 2.45) is 0 Å². The second-order valence-corrected chi connectivity index (χ2v) is 5.71. The van der Waals surface area contributed by atoms with Crippen LogP contribution in [-0.2, 0) is 0 Å². The van der Waals surface area contributed by atoms with Crippen LogP contribution in [0.5, 0.6) is 0 Å². The van der Waals surface area contributed by atoms with Gasteiger partial charge in [0.1, 0.15) is 5.82 Å². The molecule has 0 saturated carbocycles. The molecule has 3 rings (SSSR count). The average molecular weight is 295 g/mol. The van der Waals surface area contributed by atoms with Crippen molar-refractivity contribution >= 4 is 11.5 Å². The second kappa shape index (κ2) is 6.13. The lowest BCUT2D eigenvalue weighted by Crippen LogP contribution is -2.14. The standard InChI is InChI=1S/C17H21N5/c1-4-14(13-6-5-8-18-11-13)20-17-10-15(12(2)3)21-16-7-9-19-22(16)17/h5-12,14,20H,4H2,1-3H3/t14-/m1/s1. The fraction of sp³-hybridized carbons (Fsp3) is 0.353. The number of nitrogens with zero attached hydrogens (tertiary/aromatic N) is 4. The SMILES string of the molecule is CC[C@@H](Nc1cc(C(C)C)nc2ccnn12)c1cccnc1. The summed E-state index contributed by atoms with van der Waals surface area (Å²) in [7, 11) is 0. The first-order valence-electron chi connectivity index (χ1n) is 7.70. The maximum atomic E-state index is 4.65. The molecule has 0 aromatic carbocycles. The van der Waals surface area contributed by atoms with Gasteiger partial charge >= 0.3 is 0 Å². The first-order chi connectivity index (χ1) is 10.7. The van der Waals surface area contributed by atoms with Gasteiger partial charge < -0.3 is 5.32 Å². The molecule has 0 fully saturated rings. The van der Waals surface area contributed by atoms with Gasteiger partial charge in [0, 0.05) is 30.2 Å². The number of aromatic nitrogens is 4. The van der Waals surface area contributed by atoms with E-state index in [1.54, 1.807) is 12.4 Å². The van der Waals surface area contributed by atoms with E-state index in [-0.39, 0.29) is 6.04 Å². The molecular formula is C17H21N5. The number of rotatable bonds is 5. The normalized spacial score (nSPS) is 12.7. The van der Waals surface area contributed by atoms with Gasteiger partial charge in [0.15, 0.2) is 5.65 Å². The molecule has 1 N–H and O–H groups in total. The van der Waals surface area contributed by atoms with Gasteiger partial charge in [0.2, 0.25) is 0 Å². The lowest BCUT2D eigenvalue weighted by atomic mass is 10.1. The Morgan fingerprint density at radius 2 is 2.09 bits per heavy atom. The van der Waals surface area contributed by atoms with E-state index in [0.717, 1.165) is 23.6 Å². The number of hydrogen-bond acceptors (Lipinski definition) is 4. The molecular weight excluding hydrogens is 274 g/mol. The minimum atomic E-state index is 0.198. The molecule has 0 saturated heterocycles. The zero-order chi connectivity index (χ0) is 15.5. The number of nitrogens with one attached hydrogen (secondary N) is 1. The van der Waals surface area contributed by atoms with Crippen molar-refractivity contribution in [3.05, 3.63) is 54.1 Å². The summed E-state index contributed by atoms with van der Waals surface area (Å²) in [6.45, 7) is 6.46. The molecule has 3 aromatic heterocycles. The summed E-state index contributed by atoms with van der Waals surface area (Å²) in [6, 6.07) is 8.28. The van der Waals surface area contributed by atoms with Gasteiger partial charge in [-0.05, 0) is 24.0 Å². The maximum Gasteiger partial charge on any atom is 0.157 e. The highest BCUT2D eigenvalue weighted by molar-refractivity contribution is 5.50. The summed E-state index contributed by atoms with van der Waals surface area (Å²) in [4.78, 5) is 8.87. The molecule has 0 aliphatic carbocycles. The van der Waals surface area contributed by atoms with Crippen LogP contribution in [0.1, 0.15) is 50.4 Å². The van der Waals surface area contributed by atoms with Crippen molar-refractivity contribution < 1.29 is 0 Å². The molecule has 0 amide bonds. The van der Waals surface area contributed by atoms with Crippen LogP contribution in [0.15, 0.2) is 42.9 Å². The smallest absolute Gasteiger partial charge is 0.157 e. The second-order valence-electron chi connectivity index (χ2n) is 5.71. The third kappa shape index (κ3) is 2.79. The summed E-state index contributed by atoms with van der Waals surface area (Å²) < 4.78 is 1.85. The molecule has 0 spiro atoms. The summed E-state index contributed by atoms with van der Waals surface area (Å²) in [5, 5.41) is 7.97. The number of hydrogen-bond donors (Lipinski definition) is 1. The lowest BCUT2D eigenvalue weighted by molar-refractivity contribution is 0.726. The molecule has 0 unspecified atom stereocenters. The van der Waals surface area contributed by atoms with Crippen molar-refractivity contribution in [1.29, 1.82) is 0 Å². The third-order valence-electron chi connectivity index (χ3n) is 3.79. The highest BCUT2D eigenvalue weighted by Crippen LogP contribution is 2.24. The van der Waals surface area contributed by atoms with Crippen LogP contribution < -0.4 is 5.32 Å². The first kappa shape index (κ1) is 14.5. The molecule has 3 heterocycles. The van der Waals surface area contributed by atoms with Crippen molar-refractivity contribution in [1.82, 2.24) is 19.6 Å². The minimum absolute atomic E-state index is 0.198. The van der Waals surface area contributed by atoms with Gasteiger partial charge in [0.05, 0.1) is 12.2 Å². The number of pyridine rings is 1. The van der Waals surface area contributed by atoms with E-state index in [1.807, 2.05) is 22.8 Å². The van der Waals surface area contributed by atoms with Crippen LogP contribution in [0, 0.1) is 0 Å². The van der Waals surface area contributed by atoms with Crippen LogP contribution in [-0.4, -0.2) is 19.6 Å². The summed E-state index contributed by atoms with van der Waals surface area (Å²) >= 11 is 0. The quantitative estimate of drug-likeness (QED) is 0.777. The number of anilines is 1. The van der Waals surface area contributed by atoms with Crippen molar-refractivity contribution in [3.8, 4) is 0 Å². The fourth-order valence-electron chi connectivity index (χ4n) is 2.51. The monoisotopic (exact) mass is 295 g/mol. The van der Waals surface area contributed by atoms with E-state index >= 15 is 0 Å². The van der Waals surface area contributed by atoms with Gasteiger partial charge in [0.25, 0.3) is 0 Å². The van der Waals surface area contributed by atoms with Gasteiger partial charge in [-0.25, -0.2) is 4.98 Å². The molecule has 0 bridgehead atoms. The topological polar surface area (TPSA) is 55.1 Å². The number of fused-ring (bicyclic) bond motifs is 1. The first-order valence-corrected chi connectivity index (χ1v) is 7.70. The van der Waals surface area contributed by atoms with Crippen LogP contribution in [0.25, 0.3) is 5.65 Å². The van der Waals surface area contributed by atoms with Gasteiger partial charge in [-0.2, -0.15) is 9.61 Å².